The largest absolute Gasteiger partial charge is 0.280 e. The molecule has 0 amide bonds. The molecule has 2 aliphatic rings. The van der Waals surface area contributed by atoms with Gasteiger partial charge in [0.15, 0.2) is 11.9 Å². The summed E-state index contributed by atoms with van der Waals surface area (Å²) in [6, 6.07) is 23.2. The van der Waals surface area contributed by atoms with Crippen molar-refractivity contribution < 1.29 is 4.57 Å². The van der Waals surface area contributed by atoms with Crippen LogP contribution in [0.4, 0.5) is 0 Å². The van der Waals surface area contributed by atoms with Crippen LogP contribution in [0.15, 0.2) is 110 Å². The van der Waals surface area contributed by atoms with E-state index >= 15 is 0 Å². The summed E-state index contributed by atoms with van der Waals surface area (Å²) in [7, 11) is 0. The van der Waals surface area contributed by atoms with Crippen LogP contribution in [0.3, 0.4) is 0 Å². The van der Waals surface area contributed by atoms with Gasteiger partial charge in [-0.2, -0.15) is 4.57 Å². The lowest BCUT2D eigenvalue weighted by Gasteiger charge is -2.30. The van der Waals surface area contributed by atoms with Gasteiger partial charge < -0.3 is 0 Å². The number of hydrogen-bond acceptors (Lipinski definition) is 3. The van der Waals surface area contributed by atoms with Crippen LogP contribution in [-0.4, -0.2) is 21.7 Å². The molecule has 4 nitrogen and oxygen atoms in total. The Kier molecular flexibility index (Phi) is 5.42. The highest BCUT2D eigenvalue weighted by molar-refractivity contribution is 6.10. The third-order valence-electron chi connectivity index (χ3n) is 7.13. The number of aryl methyl sites for hydroxylation is 1. The zero-order valence-electron chi connectivity index (χ0n) is 19.6. The third-order valence-corrected chi connectivity index (χ3v) is 7.13. The van der Waals surface area contributed by atoms with E-state index in [1.54, 1.807) is 0 Å². The molecule has 0 saturated heterocycles. The lowest BCUT2D eigenvalue weighted by atomic mass is 9.81. The van der Waals surface area contributed by atoms with E-state index in [0.717, 1.165) is 64.4 Å². The van der Waals surface area contributed by atoms with Gasteiger partial charge in [0, 0.05) is 35.5 Å². The number of aliphatic imine (C=N–C) groups is 1. The molecule has 4 aromatic rings. The van der Waals surface area contributed by atoms with Crippen LogP contribution in [0, 0.1) is 0 Å². The predicted octanol–water partition coefficient (Wildman–Crippen LogP) is 6.05. The number of pyridine rings is 3. The van der Waals surface area contributed by atoms with Gasteiger partial charge in [-0.3, -0.25) is 15.0 Å². The van der Waals surface area contributed by atoms with Gasteiger partial charge in [0.25, 0.3) is 0 Å². The first-order chi connectivity index (χ1) is 17.2. The van der Waals surface area contributed by atoms with E-state index in [1.807, 2.05) is 36.7 Å². The topological polar surface area (TPSA) is 42.0 Å². The van der Waals surface area contributed by atoms with Gasteiger partial charge in [-0.25, -0.2) is 0 Å². The van der Waals surface area contributed by atoms with Gasteiger partial charge >= 0.3 is 0 Å². The minimum Gasteiger partial charge on any atom is -0.280 e. The van der Waals surface area contributed by atoms with E-state index in [4.69, 9.17) is 15.0 Å². The van der Waals surface area contributed by atoms with Crippen LogP contribution >= 0.6 is 0 Å². The Morgan fingerprint density at radius 1 is 0.857 bits per heavy atom. The fourth-order valence-corrected chi connectivity index (χ4v) is 5.42. The molecule has 1 aromatic carbocycles. The van der Waals surface area contributed by atoms with E-state index in [9.17, 15) is 0 Å². The van der Waals surface area contributed by atoms with Crippen molar-refractivity contribution in [1.82, 2.24) is 9.97 Å². The molecular formula is C31H27N4+. The molecule has 2 unspecified atom stereocenters. The van der Waals surface area contributed by atoms with Crippen LogP contribution in [0.1, 0.15) is 35.7 Å². The van der Waals surface area contributed by atoms with Crippen molar-refractivity contribution in [1.29, 1.82) is 0 Å². The zero-order chi connectivity index (χ0) is 23.8. The molecule has 170 valence electrons. The highest BCUT2D eigenvalue weighted by Crippen LogP contribution is 2.38. The van der Waals surface area contributed by atoms with Gasteiger partial charge in [0.05, 0.1) is 35.1 Å². The molecule has 0 saturated carbocycles. The summed E-state index contributed by atoms with van der Waals surface area (Å²) in [5.41, 5.74) is 9.82. The number of nitrogens with zero attached hydrogens (tertiary/aromatic N) is 4. The summed E-state index contributed by atoms with van der Waals surface area (Å²) in [6.45, 7) is 8.59. The monoisotopic (exact) mass is 455 g/mol. The van der Waals surface area contributed by atoms with Crippen molar-refractivity contribution in [2.24, 2.45) is 4.99 Å². The van der Waals surface area contributed by atoms with Gasteiger partial charge in [-0.15, -0.1) is 0 Å². The molecule has 0 aliphatic carbocycles. The molecule has 3 aromatic heterocycles. The SMILES string of the molecule is C=CC1=NC2CC(=C)[n+]3cc(-c4ccccc4)ccc3-c3cccnc3CCC2c2ncccc21. The fourth-order valence-electron chi connectivity index (χ4n) is 5.42. The van der Waals surface area contributed by atoms with Gasteiger partial charge in [0.1, 0.15) is 0 Å². The number of benzene rings is 1. The summed E-state index contributed by atoms with van der Waals surface area (Å²) in [5.74, 6) is 0.195. The third kappa shape index (κ3) is 3.81. The summed E-state index contributed by atoms with van der Waals surface area (Å²) in [5, 5.41) is 0. The van der Waals surface area contributed by atoms with Crippen LogP contribution in [-0.2, 0) is 6.42 Å². The minimum absolute atomic E-state index is 0.0453. The fraction of sp³-hybridized carbons (Fsp3) is 0.161. The molecule has 0 N–H and O–H groups in total. The molecule has 5 heterocycles. The van der Waals surface area contributed by atoms with Crippen LogP contribution in [0.2, 0.25) is 0 Å². The second-order valence-corrected chi connectivity index (χ2v) is 9.17. The summed E-state index contributed by atoms with van der Waals surface area (Å²) >= 11 is 0. The maximum absolute atomic E-state index is 5.16. The molecule has 0 fully saturated rings. The van der Waals surface area contributed by atoms with E-state index in [-0.39, 0.29) is 12.0 Å². The number of hydrogen-bond donors (Lipinski definition) is 0. The molecular weight excluding hydrogens is 428 g/mol. The van der Waals surface area contributed by atoms with Crippen LogP contribution in [0.25, 0.3) is 28.1 Å². The predicted molar refractivity (Wildman–Crippen MR) is 141 cm³/mol. The molecule has 2 atom stereocenters. The van der Waals surface area contributed by atoms with Crippen molar-refractivity contribution in [3.8, 4) is 22.4 Å². The first kappa shape index (κ1) is 21.4. The minimum atomic E-state index is 0.0453. The Balaban J connectivity index is 1.52. The van der Waals surface area contributed by atoms with E-state index in [1.165, 1.54) is 5.56 Å². The van der Waals surface area contributed by atoms with Gasteiger partial charge in [0.2, 0.25) is 5.69 Å². The van der Waals surface area contributed by atoms with E-state index in [2.05, 4.69) is 72.5 Å². The quantitative estimate of drug-likeness (QED) is 0.346. The maximum Gasteiger partial charge on any atom is 0.219 e. The number of aromatic nitrogens is 3. The Hall–Kier alpha value is -4.18. The zero-order valence-corrected chi connectivity index (χ0v) is 19.6. The molecule has 4 heteroatoms. The summed E-state index contributed by atoms with van der Waals surface area (Å²) in [6.07, 6.45) is 10.4. The average molecular weight is 456 g/mol. The maximum atomic E-state index is 5.16. The Labute approximate surface area is 206 Å². The Bertz CT molecular complexity index is 1470. The molecule has 6 rings (SSSR count). The Morgan fingerprint density at radius 3 is 2.49 bits per heavy atom. The molecule has 0 radical (unpaired) electrons. The number of rotatable bonds is 2. The second kappa shape index (κ2) is 8.88. The van der Waals surface area contributed by atoms with Crippen molar-refractivity contribution in [3.05, 3.63) is 122 Å². The molecule has 0 bridgehead atoms. The number of fused-ring (bicyclic) bond motifs is 6. The van der Waals surface area contributed by atoms with Crippen molar-refractivity contribution in [2.75, 3.05) is 0 Å². The Morgan fingerprint density at radius 2 is 1.66 bits per heavy atom. The highest BCUT2D eigenvalue weighted by Gasteiger charge is 2.35. The summed E-state index contributed by atoms with van der Waals surface area (Å²) < 4.78 is 2.24. The van der Waals surface area contributed by atoms with Crippen LogP contribution < -0.4 is 4.57 Å². The second-order valence-electron chi connectivity index (χ2n) is 9.17. The van der Waals surface area contributed by atoms with E-state index < -0.39 is 0 Å². The van der Waals surface area contributed by atoms with Crippen molar-refractivity contribution in [2.45, 2.75) is 31.2 Å². The first-order valence-corrected chi connectivity index (χ1v) is 12.1. The first-order valence-electron chi connectivity index (χ1n) is 12.1. The van der Waals surface area contributed by atoms with Crippen molar-refractivity contribution in [3.63, 3.8) is 0 Å². The standard InChI is InChI=1S/C31H27N4/c1-3-27-25-12-8-18-33-31(25)26-14-15-28-24(11-7-17-32-28)30-16-13-23(22-9-5-4-6-10-22)20-35(30)21(2)19-29(26)34-27/h3-13,16-18,20,26,29H,1-2,14-15,19H2/q+1. The number of allylic oxidation sites excluding steroid dienone is 1. The van der Waals surface area contributed by atoms with Gasteiger partial charge in [-0.1, -0.05) is 36.9 Å². The molecule has 2 aliphatic heterocycles. The van der Waals surface area contributed by atoms with Gasteiger partial charge in [-0.05, 0) is 61.4 Å². The lowest BCUT2D eigenvalue weighted by Crippen LogP contribution is -2.38. The van der Waals surface area contributed by atoms with Crippen LogP contribution in [0.5, 0.6) is 0 Å². The van der Waals surface area contributed by atoms with E-state index in [0.29, 0.717) is 0 Å². The molecule has 35 heavy (non-hydrogen) atoms. The smallest absolute Gasteiger partial charge is 0.219 e. The molecule has 0 spiro atoms. The highest BCUT2D eigenvalue weighted by atomic mass is 15.0. The average Bonchev–Trinajstić information content (AvgIpc) is 2.92. The normalized spacial score (nSPS) is 18.9. The van der Waals surface area contributed by atoms with Crippen molar-refractivity contribution >= 4 is 11.4 Å². The lowest BCUT2D eigenvalue weighted by molar-refractivity contribution is -0.570. The summed E-state index contributed by atoms with van der Waals surface area (Å²) in [4.78, 5) is 14.8.